The van der Waals surface area contributed by atoms with Gasteiger partial charge in [0.1, 0.15) is 11.6 Å². The zero-order chi connectivity index (χ0) is 15.4. The van der Waals surface area contributed by atoms with E-state index in [1.807, 2.05) is 25.1 Å². The second-order valence-electron chi connectivity index (χ2n) is 5.03. The molecule has 0 radical (unpaired) electrons. The van der Waals surface area contributed by atoms with Gasteiger partial charge in [0.25, 0.3) is 5.91 Å². The number of hydrogen-bond acceptors (Lipinski definition) is 2. The Labute approximate surface area is 123 Å². The van der Waals surface area contributed by atoms with Gasteiger partial charge in [0, 0.05) is 5.69 Å². The van der Waals surface area contributed by atoms with E-state index in [1.165, 1.54) is 12.1 Å². The van der Waals surface area contributed by atoms with E-state index in [-0.39, 0.29) is 11.7 Å². The SMILES string of the molecule is Cc1cccc(OC(C)C(=O)Nc2ccc(F)cc2C)c1. The summed E-state index contributed by atoms with van der Waals surface area (Å²) in [5.74, 6) is 0.0502. The summed E-state index contributed by atoms with van der Waals surface area (Å²) >= 11 is 0. The van der Waals surface area contributed by atoms with Crippen LogP contribution in [0.2, 0.25) is 0 Å². The Kier molecular flexibility index (Phi) is 4.58. The Balaban J connectivity index is 2.02. The van der Waals surface area contributed by atoms with E-state index in [9.17, 15) is 9.18 Å². The van der Waals surface area contributed by atoms with Gasteiger partial charge in [-0.15, -0.1) is 0 Å². The standard InChI is InChI=1S/C17H18FNO2/c1-11-5-4-6-15(9-11)21-13(3)17(20)19-16-8-7-14(18)10-12(16)2/h4-10,13H,1-3H3,(H,19,20). The Morgan fingerprint density at radius 3 is 2.62 bits per heavy atom. The second kappa shape index (κ2) is 6.39. The summed E-state index contributed by atoms with van der Waals surface area (Å²) in [7, 11) is 0. The second-order valence-corrected chi connectivity index (χ2v) is 5.03. The molecule has 0 aliphatic heterocycles. The molecule has 4 heteroatoms. The fourth-order valence-corrected chi connectivity index (χ4v) is 1.95. The first-order valence-electron chi connectivity index (χ1n) is 6.76. The van der Waals surface area contributed by atoms with Gasteiger partial charge in [-0.2, -0.15) is 0 Å². The number of anilines is 1. The molecule has 2 rings (SSSR count). The number of ether oxygens (including phenoxy) is 1. The summed E-state index contributed by atoms with van der Waals surface area (Å²) in [5.41, 5.74) is 2.32. The van der Waals surface area contributed by atoms with Crippen LogP contribution in [0.4, 0.5) is 10.1 Å². The lowest BCUT2D eigenvalue weighted by Crippen LogP contribution is -2.30. The molecule has 0 aliphatic carbocycles. The molecule has 2 aromatic rings. The molecule has 0 aliphatic rings. The van der Waals surface area contributed by atoms with Crippen LogP contribution in [0.15, 0.2) is 42.5 Å². The van der Waals surface area contributed by atoms with Crippen LogP contribution in [0, 0.1) is 19.7 Å². The maximum absolute atomic E-state index is 13.0. The molecule has 110 valence electrons. The van der Waals surface area contributed by atoms with Gasteiger partial charge < -0.3 is 10.1 Å². The van der Waals surface area contributed by atoms with Crippen LogP contribution < -0.4 is 10.1 Å². The largest absolute Gasteiger partial charge is 0.481 e. The van der Waals surface area contributed by atoms with Gasteiger partial charge in [-0.25, -0.2) is 4.39 Å². The number of rotatable bonds is 4. The van der Waals surface area contributed by atoms with Crippen molar-refractivity contribution < 1.29 is 13.9 Å². The lowest BCUT2D eigenvalue weighted by molar-refractivity contribution is -0.122. The molecule has 0 aromatic heterocycles. The number of carbonyl (C=O) groups excluding carboxylic acids is 1. The van der Waals surface area contributed by atoms with Crippen molar-refractivity contribution in [1.29, 1.82) is 0 Å². The van der Waals surface area contributed by atoms with E-state index in [2.05, 4.69) is 5.32 Å². The van der Waals surface area contributed by atoms with Gasteiger partial charge in [0.2, 0.25) is 0 Å². The van der Waals surface area contributed by atoms with Crippen LogP contribution in [-0.4, -0.2) is 12.0 Å². The quantitative estimate of drug-likeness (QED) is 0.927. The summed E-state index contributed by atoms with van der Waals surface area (Å²) in [4.78, 5) is 12.1. The zero-order valence-corrected chi connectivity index (χ0v) is 12.3. The van der Waals surface area contributed by atoms with Gasteiger partial charge in [0.05, 0.1) is 0 Å². The molecule has 3 nitrogen and oxygen atoms in total. The summed E-state index contributed by atoms with van der Waals surface area (Å²) in [5, 5.41) is 2.74. The third kappa shape index (κ3) is 4.05. The van der Waals surface area contributed by atoms with Crippen molar-refractivity contribution in [1.82, 2.24) is 0 Å². The fraction of sp³-hybridized carbons (Fsp3) is 0.235. The average Bonchev–Trinajstić information content (AvgIpc) is 2.41. The average molecular weight is 287 g/mol. The molecule has 0 spiro atoms. The smallest absolute Gasteiger partial charge is 0.265 e. The molecular weight excluding hydrogens is 269 g/mol. The number of benzene rings is 2. The van der Waals surface area contributed by atoms with Gasteiger partial charge >= 0.3 is 0 Å². The van der Waals surface area contributed by atoms with Crippen LogP contribution in [-0.2, 0) is 4.79 Å². The van der Waals surface area contributed by atoms with Crippen molar-refractivity contribution in [3.05, 3.63) is 59.4 Å². The summed E-state index contributed by atoms with van der Waals surface area (Å²) in [6, 6.07) is 11.7. The lowest BCUT2D eigenvalue weighted by Gasteiger charge is -2.16. The van der Waals surface area contributed by atoms with E-state index in [0.717, 1.165) is 5.56 Å². The van der Waals surface area contributed by atoms with Crippen LogP contribution >= 0.6 is 0 Å². The number of halogens is 1. The van der Waals surface area contributed by atoms with Gasteiger partial charge in [-0.3, -0.25) is 4.79 Å². The Morgan fingerprint density at radius 1 is 1.19 bits per heavy atom. The lowest BCUT2D eigenvalue weighted by atomic mass is 10.2. The van der Waals surface area contributed by atoms with E-state index >= 15 is 0 Å². The van der Waals surface area contributed by atoms with Crippen LogP contribution in [0.25, 0.3) is 0 Å². The number of hydrogen-bond donors (Lipinski definition) is 1. The van der Waals surface area contributed by atoms with Crippen molar-refractivity contribution in [3.63, 3.8) is 0 Å². The zero-order valence-electron chi connectivity index (χ0n) is 12.3. The number of carbonyl (C=O) groups is 1. The molecule has 0 fully saturated rings. The Bertz CT molecular complexity index is 655. The molecule has 1 unspecified atom stereocenters. The highest BCUT2D eigenvalue weighted by molar-refractivity contribution is 5.94. The molecule has 0 saturated carbocycles. The predicted molar refractivity (Wildman–Crippen MR) is 81.0 cm³/mol. The van der Waals surface area contributed by atoms with E-state index < -0.39 is 6.10 Å². The highest BCUT2D eigenvalue weighted by atomic mass is 19.1. The Morgan fingerprint density at radius 2 is 1.95 bits per heavy atom. The monoisotopic (exact) mass is 287 g/mol. The summed E-state index contributed by atoms with van der Waals surface area (Å²) in [6.07, 6.45) is -0.642. The van der Waals surface area contributed by atoms with Crippen molar-refractivity contribution >= 4 is 11.6 Å². The first-order valence-corrected chi connectivity index (χ1v) is 6.76. The van der Waals surface area contributed by atoms with Crippen LogP contribution in [0.1, 0.15) is 18.1 Å². The van der Waals surface area contributed by atoms with Gasteiger partial charge in [0.15, 0.2) is 6.10 Å². The minimum Gasteiger partial charge on any atom is -0.481 e. The Hall–Kier alpha value is -2.36. The summed E-state index contributed by atoms with van der Waals surface area (Å²) < 4.78 is 18.6. The van der Waals surface area contributed by atoms with Gasteiger partial charge in [-0.05, 0) is 62.2 Å². The normalized spacial score (nSPS) is 11.8. The minimum atomic E-state index is -0.642. The van der Waals surface area contributed by atoms with E-state index in [1.54, 1.807) is 26.0 Å². The molecule has 1 N–H and O–H groups in total. The molecule has 2 aromatic carbocycles. The highest BCUT2D eigenvalue weighted by Gasteiger charge is 2.15. The number of aryl methyl sites for hydroxylation is 2. The first kappa shape index (κ1) is 15.0. The molecule has 0 saturated heterocycles. The van der Waals surface area contributed by atoms with Crippen molar-refractivity contribution in [2.24, 2.45) is 0 Å². The van der Waals surface area contributed by atoms with Crippen molar-refractivity contribution in [2.45, 2.75) is 26.9 Å². The molecular formula is C17H18FNO2. The minimum absolute atomic E-state index is 0.272. The van der Waals surface area contributed by atoms with E-state index in [4.69, 9.17) is 4.74 Å². The topological polar surface area (TPSA) is 38.3 Å². The molecule has 1 amide bonds. The maximum Gasteiger partial charge on any atom is 0.265 e. The fourth-order valence-electron chi connectivity index (χ4n) is 1.95. The highest BCUT2D eigenvalue weighted by Crippen LogP contribution is 2.18. The molecule has 0 bridgehead atoms. The number of nitrogens with one attached hydrogen (secondary N) is 1. The van der Waals surface area contributed by atoms with E-state index in [0.29, 0.717) is 17.0 Å². The molecule has 0 heterocycles. The summed E-state index contributed by atoms with van der Waals surface area (Å²) in [6.45, 7) is 5.38. The third-order valence-electron chi connectivity index (χ3n) is 3.12. The predicted octanol–water partition coefficient (Wildman–Crippen LogP) is 3.85. The van der Waals surface area contributed by atoms with Gasteiger partial charge in [-0.1, -0.05) is 12.1 Å². The third-order valence-corrected chi connectivity index (χ3v) is 3.12. The van der Waals surface area contributed by atoms with Crippen molar-refractivity contribution in [3.8, 4) is 5.75 Å². The van der Waals surface area contributed by atoms with Crippen LogP contribution in [0.3, 0.4) is 0 Å². The van der Waals surface area contributed by atoms with Crippen LogP contribution in [0.5, 0.6) is 5.75 Å². The number of amides is 1. The first-order chi connectivity index (χ1) is 9.95. The molecule has 21 heavy (non-hydrogen) atoms. The maximum atomic E-state index is 13.0. The van der Waals surface area contributed by atoms with Crippen molar-refractivity contribution in [2.75, 3.05) is 5.32 Å². The molecule has 1 atom stereocenters.